The fraction of sp³-hybridized carbons (Fsp3) is 0.154. The van der Waals surface area contributed by atoms with E-state index >= 15 is 0 Å². The van der Waals surface area contributed by atoms with Crippen molar-refractivity contribution in [2.75, 3.05) is 11.1 Å². The summed E-state index contributed by atoms with van der Waals surface area (Å²) in [6.07, 6.45) is 1.59. The van der Waals surface area contributed by atoms with Crippen LogP contribution < -0.4 is 11.1 Å². The van der Waals surface area contributed by atoms with Crippen molar-refractivity contribution in [3.05, 3.63) is 51.9 Å². The molecule has 0 fully saturated rings. The fourth-order valence-electron chi connectivity index (χ4n) is 1.54. The van der Waals surface area contributed by atoms with Crippen LogP contribution in [0.25, 0.3) is 0 Å². The smallest absolute Gasteiger partial charge is 0.140 e. The average Bonchev–Trinajstić information content (AvgIpc) is 2.37. The number of pyridine rings is 1. The number of halogens is 2. The average molecular weight is 310 g/mol. The van der Waals surface area contributed by atoms with Gasteiger partial charge in [0, 0.05) is 12.1 Å². The molecule has 3 nitrogen and oxygen atoms in total. The minimum Gasteiger partial charge on any atom is -0.397 e. The highest BCUT2D eigenvalue weighted by molar-refractivity contribution is 9.10. The van der Waals surface area contributed by atoms with Gasteiger partial charge in [-0.15, -0.1) is 0 Å². The molecule has 0 amide bonds. The van der Waals surface area contributed by atoms with Crippen LogP contribution >= 0.6 is 15.9 Å². The van der Waals surface area contributed by atoms with Gasteiger partial charge in [0.15, 0.2) is 0 Å². The Kier molecular flexibility index (Phi) is 3.81. The van der Waals surface area contributed by atoms with Crippen LogP contribution in [0.5, 0.6) is 0 Å². The Morgan fingerprint density at radius 1 is 1.39 bits per heavy atom. The summed E-state index contributed by atoms with van der Waals surface area (Å²) < 4.78 is 14.2. The van der Waals surface area contributed by atoms with Crippen molar-refractivity contribution >= 4 is 27.4 Å². The summed E-state index contributed by atoms with van der Waals surface area (Å²) in [4.78, 5) is 4.18. The number of nitrogens with one attached hydrogen (secondary N) is 1. The predicted octanol–water partition coefficient (Wildman–Crippen LogP) is 3.49. The van der Waals surface area contributed by atoms with Gasteiger partial charge in [-0.1, -0.05) is 18.2 Å². The lowest BCUT2D eigenvalue weighted by molar-refractivity contribution is 0.613. The Morgan fingerprint density at radius 2 is 2.11 bits per heavy atom. The Morgan fingerprint density at radius 3 is 2.83 bits per heavy atom. The first kappa shape index (κ1) is 12.8. The van der Waals surface area contributed by atoms with Crippen LogP contribution in [0.1, 0.15) is 11.1 Å². The lowest BCUT2D eigenvalue weighted by atomic mass is 10.2. The largest absolute Gasteiger partial charge is 0.397 e. The van der Waals surface area contributed by atoms with Crippen molar-refractivity contribution in [1.29, 1.82) is 0 Å². The molecular weight excluding hydrogens is 297 g/mol. The highest BCUT2D eigenvalue weighted by Crippen LogP contribution is 2.28. The molecule has 0 unspecified atom stereocenters. The van der Waals surface area contributed by atoms with E-state index in [-0.39, 0.29) is 5.82 Å². The lowest BCUT2D eigenvalue weighted by Crippen LogP contribution is -2.05. The molecule has 0 saturated carbocycles. The zero-order chi connectivity index (χ0) is 13.1. The molecule has 1 aromatic heterocycles. The van der Waals surface area contributed by atoms with Gasteiger partial charge in [-0.25, -0.2) is 9.37 Å². The molecule has 0 aliphatic heterocycles. The Balaban J connectivity index is 2.17. The summed E-state index contributed by atoms with van der Waals surface area (Å²) in [6.45, 7) is 2.27. The maximum Gasteiger partial charge on any atom is 0.140 e. The topological polar surface area (TPSA) is 50.9 Å². The number of anilines is 2. The van der Waals surface area contributed by atoms with Gasteiger partial charge in [0.2, 0.25) is 0 Å². The third-order valence-electron chi connectivity index (χ3n) is 2.71. The Hall–Kier alpha value is -1.62. The molecule has 0 spiro atoms. The molecule has 2 rings (SSSR count). The van der Waals surface area contributed by atoms with Crippen LogP contribution in [0.4, 0.5) is 15.9 Å². The summed E-state index contributed by atoms with van der Waals surface area (Å²) >= 11 is 3.42. The third-order valence-corrected chi connectivity index (χ3v) is 3.68. The van der Waals surface area contributed by atoms with Crippen LogP contribution in [0, 0.1) is 12.7 Å². The number of aromatic nitrogens is 1. The summed E-state index contributed by atoms with van der Waals surface area (Å²) in [7, 11) is 0. The van der Waals surface area contributed by atoms with E-state index in [1.165, 1.54) is 6.07 Å². The monoisotopic (exact) mass is 309 g/mol. The van der Waals surface area contributed by atoms with Crippen molar-refractivity contribution in [2.24, 2.45) is 0 Å². The van der Waals surface area contributed by atoms with Crippen molar-refractivity contribution in [1.82, 2.24) is 4.98 Å². The number of hydrogen-bond acceptors (Lipinski definition) is 3. The van der Waals surface area contributed by atoms with Crippen LogP contribution in [-0.2, 0) is 6.54 Å². The van der Waals surface area contributed by atoms with Gasteiger partial charge in [0.05, 0.1) is 16.4 Å². The van der Waals surface area contributed by atoms with Gasteiger partial charge in [-0.3, -0.25) is 0 Å². The van der Waals surface area contributed by atoms with Gasteiger partial charge in [0.1, 0.15) is 11.6 Å². The minimum atomic E-state index is -0.228. The molecule has 3 N–H and O–H groups in total. The maximum atomic E-state index is 13.4. The van der Waals surface area contributed by atoms with Crippen LogP contribution in [0.3, 0.4) is 0 Å². The molecule has 18 heavy (non-hydrogen) atoms. The summed E-state index contributed by atoms with van der Waals surface area (Å²) in [6, 6.07) is 6.64. The fourth-order valence-corrected chi connectivity index (χ4v) is 2.01. The minimum absolute atomic E-state index is 0.228. The molecule has 0 bridgehead atoms. The van der Waals surface area contributed by atoms with E-state index in [1.54, 1.807) is 24.4 Å². The summed E-state index contributed by atoms with van der Waals surface area (Å²) in [5, 5.41) is 3.08. The van der Waals surface area contributed by atoms with Gasteiger partial charge >= 0.3 is 0 Å². The molecule has 94 valence electrons. The van der Waals surface area contributed by atoms with E-state index < -0.39 is 0 Å². The van der Waals surface area contributed by atoms with Crippen molar-refractivity contribution in [2.45, 2.75) is 13.5 Å². The number of nitrogens with zero attached hydrogens (tertiary/aromatic N) is 1. The van der Waals surface area contributed by atoms with E-state index in [4.69, 9.17) is 5.73 Å². The molecule has 1 heterocycles. The van der Waals surface area contributed by atoms with E-state index in [0.29, 0.717) is 23.6 Å². The van der Waals surface area contributed by atoms with E-state index in [1.807, 2.05) is 6.92 Å². The number of benzene rings is 1. The van der Waals surface area contributed by atoms with Gasteiger partial charge < -0.3 is 11.1 Å². The van der Waals surface area contributed by atoms with E-state index in [2.05, 4.69) is 26.2 Å². The molecular formula is C13H13BrFN3. The number of rotatable bonds is 3. The maximum absolute atomic E-state index is 13.4. The Bertz CT molecular complexity index is 572. The zero-order valence-electron chi connectivity index (χ0n) is 9.87. The van der Waals surface area contributed by atoms with Gasteiger partial charge in [-0.05, 0) is 34.5 Å². The second kappa shape index (κ2) is 5.35. The second-order valence-corrected chi connectivity index (χ2v) is 4.74. The highest BCUT2D eigenvalue weighted by Gasteiger charge is 2.08. The second-order valence-electron chi connectivity index (χ2n) is 3.95. The molecule has 0 atom stereocenters. The molecule has 0 aliphatic rings. The van der Waals surface area contributed by atoms with Crippen LogP contribution in [0.15, 0.2) is 34.9 Å². The van der Waals surface area contributed by atoms with Gasteiger partial charge in [0.25, 0.3) is 0 Å². The quantitative estimate of drug-likeness (QED) is 0.912. The first-order valence-electron chi connectivity index (χ1n) is 5.47. The molecule has 1 aromatic carbocycles. The van der Waals surface area contributed by atoms with Crippen LogP contribution in [0.2, 0.25) is 0 Å². The van der Waals surface area contributed by atoms with Crippen molar-refractivity contribution < 1.29 is 4.39 Å². The Labute approximate surface area is 113 Å². The van der Waals surface area contributed by atoms with Crippen LogP contribution in [-0.4, -0.2) is 4.98 Å². The SMILES string of the molecule is Cc1c(N)cnc(NCc2ccccc2F)c1Br. The normalized spacial score (nSPS) is 10.4. The third kappa shape index (κ3) is 2.61. The van der Waals surface area contributed by atoms with Gasteiger partial charge in [-0.2, -0.15) is 0 Å². The first-order valence-corrected chi connectivity index (χ1v) is 6.26. The number of nitrogens with two attached hydrogens (primary N) is 1. The standard InChI is InChI=1S/C13H13BrFN3/c1-8-11(16)7-18-13(12(8)14)17-6-9-4-2-3-5-10(9)15/h2-5,7H,6,16H2,1H3,(H,17,18). The van der Waals surface area contributed by atoms with E-state index in [9.17, 15) is 4.39 Å². The predicted molar refractivity (Wildman–Crippen MR) is 74.8 cm³/mol. The molecule has 2 aromatic rings. The zero-order valence-corrected chi connectivity index (χ0v) is 11.5. The summed E-state index contributed by atoms with van der Waals surface area (Å²) in [5.74, 6) is 0.429. The summed E-state index contributed by atoms with van der Waals surface area (Å²) in [5.41, 5.74) is 7.88. The first-order chi connectivity index (χ1) is 8.59. The highest BCUT2D eigenvalue weighted by atomic mass is 79.9. The molecule has 0 aliphatic carbocycles. The molecule has 0 radical (unpaired) electrons. The molecule has 5 heteroatoms. The lowest BCUT2D eigenvalue weighted by Gasteiger charge is -2.11. The van der Waals surface area contributed by atoms with Crippen molar-refractivity contribution in [3.63, 3.8) is 0 Å². The molecule has 0 saturated heterocycles. The van der Waals surface area contributed by atoms with Crippen molar-refractivity contribution in [3.8, 4) is 0 Å². The number of hydrogen-bond donors (Lipinski definition) is 2. The van der Waals surface area contributed by atoms with E-state index in [0.717, 1.165) is 10.0 Å². The number of nitrogen functional groups attached to an aromatic ring is 1.